The maximum atomic E-state index is 11.1. The van der Waals surface area contributed by atoms with Crippen LogP contribution in [0.1, 0.15) is 16.7 Å². The van der Waals surface area contributed by atoms with E-state index in [4.69, 9.17) is 0 Å². The van der Waals surface area contributed by atoms with E-state index in [9.17, 15) is 5.11 Å². The third-order valence-electron chi connectivity index (χ3n) is 3.92. The second-order valence-corrected chi connectivity index (χ2v) is 5.88. The van der Waals surface area contributed by atoms with Gasteiger partial charge in [-0.15, -0.1) is 0 Å². The second-order valence-electron chi connectivity index (χ2n) is 5.88. The summed E-state index contributed by atoms with van der Waals surface area (Å²) in [7, 11) is 0. The van der Waals surface area contributed by atoms with Crippen LogP contribution in [0.2, 0.25) is 0 Å². The smallest absolute Gasteiger partial charge is 0.170 e. The Bertz CT molecular complexity index is 929. The van der Waals surface area contributed by atoms with Crippen molar-refractivity contribution in [3.63, 3.8) is 0 Å². The lowest BCUT2D eigenvalue weighted by molar-refractivity contribution is 0.154. The highest BCUT2D eigenvalue weighted by Crippen LogP contribution is 2.22. The van der Waals surface area contributed by atoms with Gasteiger partial charge in [-0.3, -0.25) is 0 Å². The molecule has 0 aromatic heterocycles. The van der Waals surface area contributed by atoms with Crippen molar-refractivity contribution in [3.05, 3.63) is 126 Å². The van der Waals surface area contributed by atoms with Gasteiger partial charge in [0.15, 0.2) is 5.60 Å². The molecule has 0 fully saturated rings. The standard InChI is InChI=1S/C25H20O/c26-25(24-17-8-3-9-18-24,21-19-23-14-6-2-7-15-23)20-11-10-16-22-12-4-1-5-13-22/h1-18,20,26H/b16-10+,20-11+. The molecule has 1 atom stereocenters. The fourth-order valence-electron chi connectivity index (χ4n) is 2.52. The van der Waals surface area contributed by atoms with Crippen LogP contribution in [0.4, 0.5) is 0 Å². The molecule has 0 aliphatic heterocycles. The molecule has 3 aromatic carbocycles. The van der Waals surface area contributed by atoms with Gasteiger partial charge in [0.05, 0.1) is 0 Å². The number of rotatable bonds is 4. The van der Waals surface area contributed by atoms with Gasteiger partial charge in [0.2, 0.25) is 0 Å². The summed E-state index contributed by atoms with van der Waals surface area (Å²) in [5, 5.41) is 11.1. The summed E-state index contributed by atoms with van der Waals surface area (Å²) >= 11 is 0. The van der Waals surface area contributed by atoms with E-state index in [2.05, 4.69) is 11.8 Å². The zero-order chi connectivity index (χ0) is 18.1. The molecule has 1 nitrogen and oxygen atoms in total. The number of aliphatic hydroxyl groups is 1. The van der Waals surface area contributed by atoms with Crippen LogP contribution in [-0.2, 0) is 5.60 Å². The minimum absolute atomic E-state index is 0.743. The molecule has 3 aromatic rings. The van der Waals surface area contributed by atoms with Crippen molar-refractivity contribution in [2.75, 3.05) is 0 Å². The van der Waals surface area contributed by atoms with Gasteiger partial charge in [-0.1, -0.05) is 109 Å². The Hall–Kier alpha value is -3.34. The molecule has 0 saturated heterocycles. The van der Waals surface area contributed by atoms with Gasteiger partial charge in [0, 0.05) is 5.56 Å². The Balaban J connectivity index is 1.88. The van der Waals surface area contributed by atoms with Gasteiger partial charge >= 0.3 is 0 Å². The van der Waals surface area contributed by atoms with Crippen LogP contribution < -0.4 is 0 Å². The average molecular weight is 336 g/mol. The molecule has 1 unspecified atom stereocenters. The molecular formula is C25H20O. The van der Waals surface area contributed by atoms with Crippen molar-refractivity contribution in [3.8, 4) is 11.8 Å². The number of hydrogen-bond donors (Lipinski definition) is 1. The predicted molar refractivity (Wildman–Crippen MR) is 108 cm³/mol. The van der Waals surface area contributed by atoms with Gasteiger partial charge < -0.3 is 5.11 Å². The van der Waals surface area contributed by atoms with Gasteiger partial charge in [-0.05, 0) is 29.3 Å². The fourth-order valence-corrected chi connectivity index (χ4v) is 2.52. The fraction of sp³-hybridized carbons (Fsp3) is 0.0400. The van der Waals surface area contributed by atoms with E-state index in [0.717, 1.165) is 16.7 Å². The number of allylic oxidation sites excluding steroid dienone is 2. The van der Waals surface area contributed by atoms with Gasteiger partial charge in [0.1, 0.15) is 0 Å². The van der Waals surface area contributed by atoms with Crippen LogP contribution in [0.5, 0.6) is 0 Å². The molecule has 0 bridgehead atoms. The summed E-state index contributed by atoms with van der Waals surface area (Å²) in [6.45, 7) is 0. The van der Waals surface area contributed by atoms with E-state index >= 15 is 0 Å². The van der Waals surface area contributed by atoms with Crippen LogP contribution in [0.25, 0.3) is 6.08 Å². The normalized spacial score (nSPS) is 13.3. The first-order valence-electron chi connectivity index (χ1n) is 8.53. The Morgan fingerprint density at radius 3 is 1.92 bits per heavy atom. The van der Waals surface area contributed by atoms with Gasteiger partial charge in [-0.2, -0.15) is 0 Å². The molecule has 0 saturated carbocycles. The van der Waals surface area contributed by atoms with E-state index in [-0.39, 0.29) is 0 Å². The minimum atomic E-state index is -1.35. The molecule has 0 aliphatic carbocycles. The Morgan fingerprint density at radius 2 is 1.27 bits per heavy atom. The first-order chi connectivity index (χ1) is 12.8. The summed E-state index contributed by atoms with van der Waals surface area (Å²) in [6, 6.07) is 29.2. The zero-order valence-electron chi connectivity index (χ0n) is 14.4. The van der Waals surface area contributed by atoms with Crippen molar-refractivity contribution < 1.29 is 5.11 Å². The number of benzene rings is 3. The van der Waals surface area contributed by atoms with Crippen LogP contribution in [0.15, 0.2) is 109 Å². The topological polar surface area (TPSA) is 20.2 Å². The highest BCUT2D eigenvalue weighted by Gasteiger charge is 2.22. The highest BCUT2D eigenvalue weighted by molar-refractivity contribution is 5.51. The Labute approximate surface area is 155 Å². The first-order valence-corrected chi connectivity index (χ1v) is 8.53. The van der Waals surface area contributed by atoms with Crippen molar-refractivity contribution in [2.45, 2.75) is 5.60 Å². The second kappa shape index (κ2) is 8.67. The van der Waals surface area contributed by atoms with E-state index in [1.807, 2.05) is 109 Å². The molecular weight excluding hydrogens is 316 g/mol. The van der Waals surface area contributed by atoms with Gasteiger partial charge in [-0.25, -0.2) is 0 Å². The van der Waals surface area contributed by atoms with E-state index in [0.29, 0.717) is 0 Å². The molecule has 1 heteroatoms. The third kappa shape index (κ3) is 4.83. The van der Waals surface area contributed by atoms with Crippen molar-refractivity contribution in [2.24, 2.45) is 0 Å². The summed E-state index contributed by atoms with van der Waals surface area (Å²) in [5.41, 5.74) is 1.37. The van der Waals surface area contributed by atoms with E-state index in [1.165, 1.54) is 0 Å². The monoisotopic (exact) mass is 336 g/mol. The molecule has 0 spiro atoms. The summed E-state index contributed by atoms with van der Waals surface area (Å²) in [6.07, 6.45) is 7.46. The van der Waals surface area contributed by atoms with Crippen LogP contribution in [0, 0.1) is 11.8 Å². The lowest BCUT2D eigenvalue weighted by Crippen LogP contribution is -2.20. The summed E-state index contributed by atoms with van der Waals surface area (Å²) in [4.78, 5) is 0. The molecule has 26 heavy (non-hydrogen) atoms. The quantitative estimate of drug-likeness (QED) is 0.513. The average Bonchev–Trinajstić information content (AvgIpc) is 2.72. The maximum absolute atomic E-state index is 11.1. The highest BCUT2D eigenvalue weighted by atomic mass is 16.3. The van der Waals surface area contributed by atoms with Crippen LogP contribution in [0.3, 0.4) is 0 Å². The summed E-state index contributed by atoms with van der Waals surface area (Å²) < 4.78 is 0. The lowest BCUT2D eigenvalue weighted by Gasteiger charge is -2.18. The predicted octanol–water partition coefficient (Wildman–Crippen LogP) is 5.20. The number of hydrogen-bond acceptors (Lipinski definition) is 1. The molecule has 0 radical (unpaired) electrons. The van der Waals surface area contributed by atoms with Crippen molar-refractivity contribution >= 4 is 6.08 Å². The van der Waals surface area contributed by atoms with E-state index < -0.39 is 5.60 Å². The van der Waals surface area contributed by atoms with Crippen molar-refractivity contribution in [1.82, 2.24) is 0 Å². The largest absolute Gasteiger partial charge is 0.370 e. The molecule has 126 valence electrons. The lowest BCUT2D eigenvalue weighted by atomic mass is 9.93. The Morgan fingerprint density at radius 1 is 0.692 bits per heavy atom. The van der Waals surface area contributed by atoms with Crippen molar-refractivity contribution in [1.29, 1.82) is 0 Å². The molecule has 0 aliphatic rings. The minimum Gasteiger partial charge on any atom is -0.370 e. The van der Waals surface area contributed by atoms with Crippen LogP contribution in [-0.4, -0.2) is 5.11 Å². The summed E-state index contributed by atoms with van der Waals surface area (Å²) in [5.74, 6) is 6.08. The first kappa shape index (κ1) is 17.5. The van der Waals surface area contributed by atoms with Gasteiger partial charge in [0.25, 0.3) is 0 Å². The molecule has 0 heterocycles. The SMILES string of the molecule is OC(C#Cc1ccccc1)(/C=C/C=C/c1ccccc1)c1ccccc1. The molecule has 3 rings (SSSR count). The zero-order valence-corrected chi connectivity index (χ0v) is 14.4. The van der Waals surface area contributed by atoms with E-state index in [1.54, 1.807) is 6.08 Å². The molecule has 1 N–H and O–H groups in total. The Kier molecular flexibility index (Phi) is 5.83. The third-order valence-corrected chi connectivity index (χ3v) is 3.92. The molecule has 0 amide bonds. The maximum Gasteiger partial charge on any atom is 0.170 e. The van der Waals surface area contributed by atoms with Crippen LogP contribution >= 0.6 is 0 Å².